The lowest BCUT2D eigenvalue weighted by Crippen LogP contribution is -2.04. The average molecular weight is 253 g/mol. The van der Waals surface area contributed by atoms with Gasteiger partial charge in [0.05, 0.1) is 19.0 Å². The van der Waals surface area contributed by atoms with E-state index in [1.54, 1.807) is 13.3 Å². The summed E-state index contributed by atoms with van der Waals surface area (Å²) >= 11 is 0. The van der Waals surface area contributed by atoms with Gasteiger partial charge in [0.2, 0.25) is 0 Å². The van der Waals surface area contributed by atoms with Gasteiger partial charge in [-0.05, 0) is 67.5 Å². The van der Waals surface area contributed by atoms with E-state index >= 15 is 0 Å². The van der Waals surface area contributed by atoms with Crippen molar-refractivity contribution in [3.63, 3.8) is 0 Å². The van der Waals surface area contributed by atoms with Gasteiger partial charge in [-0.1, -0.05) is 6.07 Å². The van der Waals surface area contributed by atoms with E-state index in [-0.39, 0.29) is 0 Å². The molecule has 0 radical (unpaired) electrons. The van der Waals surface area contributed by atoms with Crippen LogP contribution in [0.4, 0.5) is 0 Å². The minimum atomic E-state index is 0.805. The van der Waals surface area contributed by atoms with E-state index in [9.17, 15) is 0 Å². The van der Waals surface area contributed by atoms with Crippen LogP contribution in [0, 0.1) is 6.92 Å². The molecule has 0 saturated carbocycles. The van der Waals surface area contributed by atoms with Crippen molar-refractivity contribution in [1.82, 2.24) is 4.98 Å². The second kappa shape index (κ2) is 5.04. The van der Waals surface area contributed by atoms with E-state index in [2.05, 4.69) is 24.0 Å². The van der Waals surface area contributed by atoms with Crippen LogP contribution in [0.1, 0.15) is 29.5 Å². The summed E-state index contributed by atoms with van der Waals surface area (Å²) in [5.41, 5.74) is 6.64. The highest BCUT2D eigenvalue weighted by Crippen LogP contribution is 2.30. The molecule has 0 spiro atoms. The highest BCUT2D eigenvalue weighted by atomic mass is 16.5. The third kappa shape index (κ3) is 2.35. The Morgan fingerprint density at radius 1 is 1.05 bits per heavy atom. The fourth-order valence-corrected chi connectivity index (χ4v) is 2.85. The van der Waals surface area contributed by atoms with E-state index in [4.69, 9.17) is 4.74 Å². The first-order valence-electron chi connectivity index (χ1n) is 6.91. The third-order valence-electron chi connectivity index (χ3n) is 3.94. The van der Waals surface area contributed by atoms with Crippen molar-refractivity contribution in [3.05, 3.63) is 47.2 Å². The molecule has 0 saturated heterocycles. The molecule has 0 N–H and O–H groups in total. The van der Waals surface area contributed by atoms with Crippen molar-refractivity contribution in [3.8, 4) is 17.0 Å². The summed E-state index contributed by atoms with van der Waals surface area (Å²) < 4.78 is 5.16. The Hall–Kier alpha value is -1.83. The molecular weight excluding hydrogens is 234 g/mol. The Morgan fingerprint density at radius 2 is 1.79 bits per heavy atom. The van der Waals surface area contributed by atoms with Gasteiger partial charge in [0.25, 0.3) is 0 Å². The number of aromatic nitrogens is 1. The van der Waals surface area contributed by atoms with Crippen LogP contribution in [0.25, 0.3) is 11.3 Å². The first-order valence-corrected chi connectivity index (χ1v) is 6.91. The number of hydrogen-bond acceptors (Lipinski definition) is 2. The molecule has 0 unspecified atom stereocenters. The Morgan fingerprint density at radius 3 is 2.42 bits per heavy atom. The van der Waals surface area contributed by atoms with Crippen molar-refractivity contribution in [1.29, 1.82) is 0 Å². The molecule has 2 nitrogen and oxygen atoms in total. The van der Waals surface area contributed by atoms with Crippen LogP contribution >= 0.6 is 0 Å². The molecule has 0 aliphatic heterocycles. The Bertz CT molecular complexity index is 587. The fourth-order valence-electron chi connectivity index (χ4n) is 2.85. The molecule has 1 aliphatic rings. The maximum Gasteiger partial charge on any atom is 0.137 e. The number of methoxy groups -OCH3 is 1. The lowest BCUT2D eigenvalue weighted by Gasteiger charge is -2.18. The number of nitrogens with zero attached hydrogens (tertiary/aromatic N) is 1. The van der Waals surface area contributed by atoms with Gasteiger partial charge < -0.3 is 4.74 Å². The summed E-state index contributed by atoms with van der Waals surface area (Å²) in [6.07, 6.45) is 6.86. The monoisotopic (exact) mass is 253 g/mol. The molecule has 0 bridgehead atoms. The molecule has 1 heterocycles. The van der Waals surface area contributed by atoms with Gasteiger partial charge in [-0.3, -0.25) is 4.98 Å². The van der Waals surface area contributed by atoms with E-state index in [0.717, 1.165) is 11.4 Å². The lowest BCUT2D eigenvalue weighted by molar-refractivity contribution is 0.413. The quantitative estimate of drug-likeness (QED) is 0.808. The van der Waals surface area contributed by atoms with E-state index < -0.39 is 0 Å². The van der Waals surface area contributed by atoms with Gasteiger partial charge in [-0.15, -0.1) is 0 Å². The highest BCUT2D eigenvalue weighted by molar-refractivity contribution is 5.66. The van der Waals surface area contributed by atoms with Gasteiger partial charge in [-0.2, -0.15) is 0 Å². The van der Waals surface area contributed by atoms with Crippen molar-refractivity contribution >= 4 is 0 Å². The minimum Gasteiger partial charge on any atom is -0.495 e. The van der Waals surface area contributed by atoms with Crippen molar-refractivity contribution in [2.24, 2.45) is 0 Å². The molecule has 0 fully saturated rings. The zero-order valence-electron chi connectivity index (χ0n) is 11.6. The van der Waals surface area contributed by atoms with Crippen LogP contribution < -0.4 is 4.74 Å². The maximum atomic E-state index is 5.16. The molecule has 0 atom stereocenters. The average Bonchev–Trinajstić information content (AvgIpc) is 2.47. The summed E-state index contributed by atoms with van der Waals surface area (Å²) in [6.45, 7) is 2.18. The van der Waals surface area contributed by atoms with Crippen LogP contribution in [-0.2, 0) is 12.8 Å². The molecule has 98 valence electrons. The van der Waals surface area contributed by atoms with Crippen molar-refractivity contribution in [2.45, 2.75) is 32.6 Å². The molecular formula is C17H19NO. The second-order valence-electron chi connectivity index (χ2n) is 5.23. The highest BCUT2D eigenvalue weighted by Gasteiger charge is 2.13. The zero-order chi connectivity index (χ0) is 13.2. The van der Waals surface area contributed by atoms with Crippen molar-refractivity contribution < 1.29 is 4.74 Å². The largest absolute Gasteiger partial charge is 0.495 e. The molecule has 0 amide bonds. The summed E-state index contributed by atoms with van der Waals surface area (Å²) in [5.74, 6) is 0.805. The Kier molecular flexibility index (Phi) is 3.24. The molecule has 19 heavy (non-hydrogen) atoms. The molecule has 3 rings (SSSR count). The number of aryl methyl sites for hydroxylation is 3. The predicted molar refractivity (Wildman–Crippen MR) is 77.6 cm³/mol. The van der Waals surface area contributed by atoms with Crippen molar-refractivity contribution in [2.75, 3.05) is 7.11 Å². The maximum absolute atomic E-state index is 5.16. The molecule has 1 aromatic heterocycles. The minimum absolute atomic E-state index is 0.805. The van der Waals surface area contributed by atoms with Gasteiger partial charge in [-0.25, -0.2) is 0 Å². The number of hydrogen-bond donors (Lipinski definition) is 0. The van der Waals surface area contributed by atoms with Crippen LogP contribution in [0.3, 0.4) is 0 Å². The number of rotatable bonds is 2. The predicted octanol–water partition coefficient (Wildman–Crippen LogP) is 3.94. The van der Waals surface area contributed by atoms with Gasteiger partial charge in [0.1, 0.15) is 5.75 Å². The zero-order valence-corrected chi connectivity index (χ0v) is 11.6. The Balaban J connectivity index is 2.03. The first kappa shape index (κ1) is 12.2. The number of fused-ring (bicyclic) bond motifs is 1. The van der Waals surface area contributed by atoms with E-state index in [0.29, 0.717) is 0 Å². The standard InChI is InChI=1S/C17H19NO/c1-12-9-13-5-3-4-6-14(13)10-16(12)17-8-7-15(19-2)11-18-17/h7-11H,3-6H2,1-2H3. The number of ether oxygens (including phenoxy) is 1. The number of pyridine rings is 1. The summed E-state index contributed by atoms with van der Waals surface area (Å²) in [7, 11) is 1.67. The van der Waals surface area contributed by atoms with Crippen LogP contribution in [-0.4, -0.2) is 12.1 Å². The fraction of sp³-hybridized carbons (Fsp3) is 0.353. The van der Waals surface area contributed by atoms with Gasteiger partial charge in [0.15, 0.2) is 0 Å². The number of benzene rings is 1. The summed E-state index contributed by atoms with van der Waals surface area (Å²) in [5, 5.41) is 0. The van der Waals surface area contributed by atoms with Crippen LogP contribution in [0.2, 0.25) is 0 Å². The molecule has 1 aromatic carbocycles. The molecule has 2 aromatic rings. The first-order chi connectivity index (χ1) is 9.28. The smallest absolute Gasteiger partial charge is 0.137 e. The SMILES string of the molecule is COc1ccc(-c2cc3c(cc2C)CCCC3)nc1. The summed E-state index contributed by atoms with van der Waals surface area (Å²) in [6, 6.07) is 8.69. The van der Waals surface area contributed by atoms with Crippen LogP contribution in [0.15, 0.2) is 30.5 Å². The topological polar surface area (TPSA) is 22.1 Å². The Labute approximate surface area is 114 Å². The van der Waals surface area contributed by atoms with E-state index in [1.807, 2.05) is 12.1 Å². The lowest BCUT2D eigenvalue weighted by atomic mass is 9.87. The van der Waals surface area contributed by atoms with E-state index in [1.165, 1.54) is 47.9 Å². The van der Waals surface area contributed by atoms with Crippen LogP contribution in [0.5, 0.6) is 5.75 Å². The molecule has 1 aliphatic carbocycles. The normalized spacial score (nSPS) is 14.0. The van der Waals surface area contributed by atoms with Gasteiger partial charge >= 0.3 is 0 Å². The summed E-state index contributed by atoms with van der Waals surface area (Å²) in [4.78, 5) is 4.50. The third-order valence-corrected chi connectivity index (χ3v) is 3.94. The van der Waals surface area contributed by atoms with Gasteiger partial charge in [0, 0.05) is 5.56 Å². The second-order valence-corrected chi connectivity index (χ2v) is 5.23. The molecule has 2 heteroatoms.